The zero-order valence-corrected chi connectivity index (χ0v) is 12.0. The molecule has 0 aliphatic carbocycles. The SMILES string of the molecule is c1cnc(-n2cncn2)c(NC2CCN3CCCC3C2)c1. The van der Waals surface area contributed by atoms with Crippen LogP contribution in [0, 0.1) is 0 Å². The van der Waals surface area contributed by atoms with Crippen LogP contribution in [0.15, 0.2) is 31.0 Å². The van der Waals surface area contributed by atoms with Crippen LogP contribution in [0.4, 0.5) is 5.69 Å². The normalized spacial score (nSPS) is 25.7. The first-order chi connectivity index (χ1) is 10.4. The number of aromatic nitrogens is 4. The maximum absolute atomic E-state index is 4.44. The number of hydrogen-bond donors (Lipinski definition) is 1. The van der Waals surface area contributed by atoms with Crippen LogP contribution in [0.25, 0.3) is 5.82 Å². The number of fused-ring (bicyclic) bond motifs is 1. The lowest BCUT2D eigenvalue weighted by Gasteiger charge is -2.35. The van der Waals surface area contributed by atoms with Crippen molar-refractivity contribution in [2.75, 3.05) is 18.4 Å². The molecule has 2 unspecified atom stereocenters. The second-order valence-corrected chi connectivity index (χ2v) is 5.91. The fourth-order valence-electron chi connectivity index (χ4n) is 3.59. The summed E-state index contributed by atoms with van der Waals surface area (Å²) in [6, 6.07) is 5.33. The Kier molecular flexibility index (Phi) is 3.31. The summed E-state index contributed by atoms with van der Waals surface area (Å²) in [5, 5.41) is 7.86. The van der Waals surface area contributed by atoms with Crippen molar-refractivity contribution in [3.05, 3.63) is 31.0 Å². The maximum Gasteiger partial charge on any atom is 0.178 e. The quantitative estimate of drug-likeness (QED) is 0.929. The molecule has 2 atom stereocenters. The standard InChI is InChI=1S/C15H20N6/c1-4-14(15(17-6-1)21-11-16-10-18-21)19-12-5-8-20-7-2-3-13(20)9-12/h1,4,6,10-13,19H,2-3,5,7-9H2. The van der Waals surface area contributed by atoms with E-state index in [0.29, 0.717) is 6.04 Å². The molecule has 2 aliphatic heterocycles. The van der Waals surface area contributed by atoms with Crippen LogP contribution in [0.3, 0.4) is 0 Å². The summed E-state index contributed by atoms with van der Waals surface area (Å²) in [7, 11) is 0. The van der Waals surface area contributed by atoms with Crippen molar-refractivity contribution in [1.29, 1.82) is 0 Å². The molecular weight excluding hydrogens is 264 g/mol. The van der Waals surface area contributed by atoms with Crippen molar-refractivity contribution in [3.63, 3.8) is 0 Å². The summed E-state index contributed by atoms with van der Waals surface area (Å²) in [4.78, 5) is 11.1. The molecule has 2 fully saturated rings. The van der Waals surface area contributed by atoms with Crippen molar-refractivity contribution in [2.24, 2.45) is 0 Å². The molecule has 0 aromatic carbocycles. The molecule has 0 spiro atoms. The average molecular weight is 284 g/mol. The third kappa shape index (κ3) is 2.51. The van der Waals surface area contributed by atoms with E-state index in [-0.39, 0.29) is 0 Å². The van der Waals surface area contributed by atoms with Gasteiger partial charge >= 0.3 is 0 Å². The highest BCUT2D eigenvalue weighted by Gasteiger charge is 2.31. The van der Waals surface area contributed by atoms with Crippen LogP contribution >= 0.6 is 0 Å². The van der Waals surface area contributed by atoms with Crippen LogP contribution in [-0.2, 0) is 0 Å². The van der Waals surface area contributed by atoms with Gasteiger partial charge in [0, 0.05) is 24.8 Å². The van der Waals surface area contributed by atoms with E-state index in [1.807, 2.05) is 6.07 Å². The monoisotopic (exact) mass is 284 g/mol. The van der Waals surface area contributed by atoms with E-state index in [9.17, 15) is 0 Å². The average Bonchev–Trinajstić information content (AvgIpc) is 3.19. The molecule has 1 N–H and O–H groups in total. The smallest absolute Gasteiger partial charge is 0.178 e. The van der Waals surface area contributed by atoms with Gasteiger partial charge < -0.3 is 10.2 Å². The third-order valence-electron chi connectivity index (χ3n) is 4.60. The van der Waals surface area contributed by atoms with Gasteiger partial charge in [0.1, 0.15) is 12.7 Å². The molecule has 2 saturated heterocycles. The summed E-state index contributed by atoms with van der Waals surface area (Å²) >= 11 is 0. The molecule has 2 aliphatic rings. The molecule has 4 rings (SSSR count). The predicted octanol–water partition coefficient (Wildman–Crippen LogP) is 1.70. The van der Waals surface area contributed by atoms with Gasteiger partial charge in [-0.1, -0.05) is 0 Å². The van der Waals surface area contributed by atoms with E-state index in [1.54, 1.807) is 17.2 Å². The molecule has 21 heavy (non-hydrogen) atoms. The van der Waals surface area contributed by atoms with Gasteiger partial charge in [-0.15, -0.1) is 0 Å². The van der Waals surface area contributed by atoms with E-state index in [4.69, 9.17) is 0 Å². The Balaban J connectivity index is 1.52. The molecule has 0 saturated carbocycles. The fourth-order valence-corrected chi connectivity index (χ4v) is 3.59. The highest BCUT2D eigenvalue weighted by molar-refractivity contribution is 5.56. The number of rotatable bonds is 3. The zero-order chi connectivity index (χ0) is 14.1. The Morgan fingerprint density at radius 2 is 2.24 bits per heavy atom. The highest BCUT2D eigenvalue weighted by atomic mass is 15.3. The minimum absolute atomic E-state index is 0.524. The number of pyridine rings is 1. The summed E-state index contributed by atoms with van der Waals surface area (Å²) in [6.45, 7) is 2.50. The van der Waals surface area contributed by atoms with Gasteiger partial charge in [-0.25, -0.2) is 14.6 Å². The fraction of sp³-hybridized carbons (Fsp3) is 0.533. The van der Waals surface area contributed by atoms with Gasteiger partial charge in [-0.05, 0) is 44.4 Å². The second kappa shape index (κ2) is 5.44. The highest BCUT2D eigenvalue weighted by Crippen LogP contribution is 2.29. The predicted molar refractivity (Wildman–Crippen MR) is 80.4 cm³/mol. The molecule has 6 heteroatoms. The van der Waals surface area contributed by atoms with E-state index in [1.165, 1.54) is 45.1 Å². The first kappa shape index (κ1) is 12.8. The Morgan fingerprint density at radius 3 is 3.14 bits per heavy atom. The molecule has 4 heterocycles. The van der Waals surface area contributed by atoms with Gasteiger partial charge in [0.25, 0.3) is 0 Å². The Hall–Kier alpha value is -1.95. The Morgan fingerprint density at radius 1 is 1.24 bits per heavy atom. The van der Waals surface area contributed by atoms with Crippen LogP contribution in [0.2, 0.25) is 0 Å². The lowest BCUT2D eigenvalue weighted by molar-refractivity contribution is 0.188. The topological polar surface area (TPSA) is 58.9 Å². The first-order valence-corrected chi connectivity index (χ1v) is 7.71. The largest absolute Gasteiger partial charge is 0.379 e. The molecule has 2 aromatic heterocycles. The van der Waals surface area contributed by atoms with Crippen molar-refractivity contribution in [1.82, 2.24) is 24.6 Å². The van der Waals surface area contributed by atoms with Crippen molar-refractivity contribution in [3.8, 4) is 5.82 Å². The minimum Gasteiger partial charge on any atom is -0.379 e. The third-order valence-corrected chi connectivity index (χ3v) is 4.60. The zero-order valence-electron chi connectivity index (χ0n) is 12.0. The first-order valence-electron chi connectivity index (χ1n) is 7.71. The van der Waals surface area contributed by atoms with Crippen LogP contribution in [0.1, 0.15) is 25.7 Å². The van der Waals surface area contributed by atoms with Crippen LogP contribution in [0.5, 0.6) is 0 Å². The Labute approximate surface area is 124 Å². The molecular formula is C15H20N6. The number of nitrogens with one attached hydrogen (secondary N) is 1. The van der Waals surface area contributed by atoms with Gasteiger partial charge in [-0.2, -0.15) is 5.10 Å². The van der Waals surface area contributed by atoms with Gasteiger partial charge in [0.2, 0.25) is 0 Å². The number of nitrogens with zero attached hydrogens (tertiary/aromatic N) is 5. The molecule has 2 aromatic rings. The van der Waals surface area contributed by atoms with E-state index in [0.717, 1.165) is 17.5 Å². The lowest BCUT2D eigenvalue weighted by Crippen LogP contribution is -2.42. The molecule has 0 bridgehead atoms. The summed E-state index contributed by atoms with van der Waals surface area (Å²) in [5.41, 5.74) is 1.04. The van der Waals surface area contributed by atoms with Crippen molar-refractivity contribution >= 4 is 5.69 Å². The summed E-state index contributed by atoms with van der Waals surface area (Å²) < 4.78 is 1.72. The number of anilines is 1. The maximum atomic E-state index is 4.44. The summed E-state index contributed by atoms with van der Waals surface area (Å²) in [5.74, 6) is 0.823. The van der Waals surface area contributed by atoms with Crippen LogP contribution in [-0.4, -0.2) is 49.8 Å². The van der Waals surface area contributed by atoms with E-state index in [2.05, 4.69) is 31.3 Å². The van der Waals surface area contributed by atoms with Gasteiger partial charge in [0.15, 0.2) is 5.82 Å². The number of hydrogen-bond acceptors (Lipinski definition) is 5. The second-order valence-electron chi connectivity index (χ2n) is 5.91. The van der Waals surface area contributed by atoms with E-state index >= 15 is 0 Å². The van der Waals surface area contributed by atoms with Crippen LogP contribution < -0.4 is 5.32 Å². The minimum atomic E-state index is 0.524. The molecule has 6 nitrogen and oxygen atoms in total. The van der Waals surface area contributed by atoms with E-state index < -0.39 is 0 Å². The molecule has 110 valence electrons. The van der Waals surface area contributed by atoms with Gasteiger partial charge in [0.05, 0.1) is 5.69 Å². The molecule has 0 amide bonds. The lowest BCUT2D eigenvalue weighted by atomic mass is 9.97. The van der Waals surface area contributed by atoms with Crippen molar-refractivity contribution < 1.29 is 0 Å². The Bertz CT molecular complexity index is 596. The van der Waals surface area contributed by atoms with Crippen molar-refractivity contribution in [2.45, 2.75) is 37.8 Å². The van der Waals surface area contributed by atoms with Gasteiger partial charge in [-0.3, -0.25) is 0 Å². The molecule has 0 radical (unpaired) electrons. The summed E-state index contributed by atoms with van der Waals surface area (Å²) in [6.07, 6.45) is 10.1. The number of piperidine rings is 1.